The molecule has 22 heavy (non-hydrogen) atoms. The summed E-state index contributed by atoms with van der Waals surface area (Å²) >= 11 is 0. The molecular weight excluding hydrogens is 279 g/mol. The Kier molecular flexibility index (Phi) is 3.15. The van der Waals surface area contributed by atoms with E-state index in [2.05, 4.69) is 13.0 Å². The molecule has 1 N–H and O–H groups in total. The maximum Gasteiger partial charge on any atom is 0.173 e. The van der Waals surface area contributed by atoms with Crippen molar-refractivity contribution < 1.29 is 14.3 Å². The highest BCUT2D eigenvalue weighted by Crippen LogP contribution is 2.64. The molecule has 3 saturated carbocycles. The lowest BCUT2D eigenvalue weighted by molar-refractivity contribution is -0.136. The Balaban J connectivity index is 1.74. The van der Waals surface area contributed by atoms with Gasteiger partial charge in [-0.3, -0.25) is 4.79 Å². The molecule has 2 nitrogen and oxygen atoms in total. The number of carbonyl (C=O) groups is 1. The van der Waals surface area contributed by atoms with Gasteiger partial charge in [0.15, 0.2) is 12.0 Å². The van der Waals surface area contributed by atoms with Crippen molar-refractivity contribution in [1.82, 2.24) is 0 Å². The highest BCUT2D eigenvalue weighted by molar-refractivity contribution is 5.91. The molecule has 0 saturated heterocycles. The van der Waals surface area contributed by atoms with Crippen molar-refractivity contribution in [2.75, 3.05) is 0 Å². The van der Waals surface area contributed by atoms with E-state index >= 15 is 0 Å². The Labute approximate surface area is 132 Å². The van der Waals surface area contributed by atoms with Gasteiger partial charge in [-0.1, -0.05) is 25.5 Å². The van der Waals surface area contributed by atoms with Gasteiger partial charge in [0.05, 0.1) is 6.10 Å². The van der Waals surface area contributed by atoms with Gasteiger partial charge >= 0.3 is 0 Å². The fourth-order valence-electron chi connectivity index (χ4n) is 6.46. The fraction of sp³-hybridized carbons (Fsp3) is 0.842. The first kappa shape index (κ1) is 14.9. The summed E-state index contributed by atoms with van der Waals surface area (Å²) in [5, 5.41) is 10.7. The molecule has 4 aliphatic carbocycles. The fourth-order valence-corrected chi connectivity index (χ4v) is 6.46. The van der Waals surface area contributed by atoms with Crippen LogP contribution in [0.5, 0.6) is 0 Å². The van der Waals surface area contributed by atoms with Gasteiger partial charge in [-0.2, -0.15) is 0 Å². The Morgan fingerprint density at radius 3 is 2.82 bits per heavy atom. The van der Waals surface area contributed by atoms with E-state index in [1.54, 1.807) is 0 Å². The number of hydrogen-bond donors (Lipinski definition) is 1. The number of allylic oxidation sites excluding steroid dienone is 1. The van der Waals surface area contributed by atoms with E-state index in [4.69, 9.17) is 0 Å². The average molecular weight is 306 g/mol. The van der Waals surface area contributed by atoms with Crippen LogP contribution in [-0.2, 0) is 4.79 Å². The van der Waals surface area contributed by atoms with Crippen LogP contribution >= 0.6 is 0 Å². The van der Waals surface area contributed by atoms with Gasteiger partial charge in [-0.05, 0) is 62.7 Å². The van der Waals surface area contributed by atoms with Crippen molar-refractivity contribution in [2.45, 2.75) is 71.1 Å². The molecule has 0 spiro atoms. The Bertz CT molecular complexity index is 542. The van der Waals surface area contributed by atoms with E-state index in [0.717, 1.165) is 38.5 Å². The van der Waals surface area contributed by atoms with E-state index in [-0.39, 0.29) is 23.2 Å². The normalized spacial score (nSPS) is 54.3. The van der Waals surface area contributed by atoms with Crippen LogP contribution in [-0.4, -0.2) is 23.2 Å². The van der Waals surface area contributed by atoms with Crippen LogP contribution < -0.4 is 0 Å². The summed E-state index contributed by atoms with van der Waals surface area (Å²) in [6, 6.07) is 0. The molecule has 0 bridgehead atoms. The van der Waals surface area contributed by atoms with Crippen LogP contribution in [0.4, 0.5) is 4.39 Å². The number of carbonyl (C=O) groups excluding carboxylic acids is 1. The summed E-state index contributed by atoms with van der Waals surface area (Å²) in [4.78, 5) is 12.3. The summed E-state index contributed by atoms with van der Waals surface area (Å²) in [5.41, 5.74) is 0.833. The highest BCUT2D eigenvalue weighted by atomic mass is 19.1. The molecule has 122 valence electrons. The van der Waals surface area contributed by atoms with Gasteiger partial charge in [-0.15, -0.1) is 0 Å². The van der Waals surface area contributed by atoms with Crippen LogP contribution in [0.1, 0.15) is 58.8 Å². The molecule has 1 unspecified atom stereocenters. The van der Waals surface area contributed by atoms with Crippen molar-refractivity contribution in [2.24, 2.45) is 28.6 Å². The van der Waals surface area contributed by atoms with Gasteiger partial charge in [0.1, 0.15) is 0 Å². The predicted molar refractivity (Wildman–Crippen MR) is 83.0 cm³/mol. The summed E-state index contributed by atoms with van der Waals surface area (Å²) in [6.45, 7) is 4.22. The van der Waals surface area contributed by atoms with Gasteiger partial charge in [0.25, 0.3) is 0 Å². The molecule has 0 heterocycles. The molecule has 3 heteroatoms. The molecule has 0 aromatic carbocycles. The summed E-state index contributed by atoms with van der Waals surface area (Å²) in [6.07, 6.45) is 6.99. The number of halogens is 1. The lowest BCUT2D eigenvalue weighted by Gasteiger charge is -2.57. The second kappa shape index (κ2) is 4.66. The number of fused-ring (bicyclic) bond motifs is 5. The first-order valence-electron chi connectivity index (χ1n) is 8.95. The van der Waals surface area contributed by atoms with E-state index in [1.807, 2.05) is 6.92 Å². The minimum atomic E-state index is -1.26. The molecule has 7 atom stereocenters. The first-order valence-corrected chi connectivity index (χ1v) is 8.95. The highest BCUT2D eigenvalue weighted by Gasteiger charge is 2.62. The minimum Gasteiger partial charge on any atom is -0.392 e. The monoisotopic (exact) mass is 306 g/mol. The summed E-state index contributed by atoms with van der Waals surface area (Å²) in [7, 11) is 0. The molecule has 0 aromatic rings. The largest absolute Gasteiger partial charge is 0.392 e. The standard InChI is InChI=1S/C19H27FO2/c1-18-9-8-13-12(14(18)10-15(20)17(18)22)7-6-11-4-3-5-16(21)19(11,13)2/h6,12-16,21H,3-5,7-10H2,1-2H3/t12-,13+,14+,15-,16?,18+,19+/m1/s1. The number of alkyl halides is 1. The number of rotatable bonds is 0. The Morgan fingerprint density at radius 1 is 1.27 bits per heavy atom. The molecule has 0 radical (unpaired) electrons. The smallest absolute Gasteiger partial charge is 0.173 e. The molecule has 4 rings (SSSR count). The van der Waals surface area contributed by atoms with Gasteiger partial charge < -0.3 is 5.11 Å². The third-order valence-electron chi connectivity index (χ3n) is 7.85. The predicted octanol–water partition coefficient (Wildman–Crippen LogP) is 3.83. The second-order valence-corrected chi connectivity index (χ2v) is 8.56. The third-order valence-corrected chi connectivity index (χ3v) is 7.85. The first-order chi connectivity index (χ1) is 10.4. The van der Waals surface area contributed by atoms with Gasteiger partial charge in [0, 0.05) is 10.8 Å². The molecule has 0 amide bonds. The molecule has 0 aromatic heterocycles. The molecule has 3 fully saturated rings. The maximum absolute atomic E-state index is 14.1. The number of hydrogen-bond acceptors (Lipinski definition) is 2. The number of Topliss-reactive ketones (excluding diaryl/α,β-unsaturated/α-hetero) is 1. The zero-order valence-electron chi connectivity index (χ0n) is 13.6. The van der Waals surface area contributed by atoms with Crippen molar-refractivity contribution in [3.63, 3.8) is 0 Å². The topological polar surface area (TPSA) is 37.3 Å². The molecule has 0 aliphatic heterocycles. The van der Waals surface area contributed by atoms with Crippen LogP contribution in [0.25, 0.3) is 0 Å². The Hall–Kier alpha value is -0.700. The lowest BCUT2D eigenvalue weighted by Crippen LogP contribution is -2.54. The maximum atomic E-state index is 14.1. The van der Waals surface area contributed by atoms with E-state index in [1.165, 1.54) is 5.57 Å². The van der Waals surface area contributed by atoms with Crippen LogP contribution in [0.15, 0.2) is 11.6 Å². The van der Waals surface area contributed by atoms with Gasteiger partial charge in [0.2, 0.25) is 0 Å². The Morgan fingerprint density at radius 2 is 2.05 bits per heavy atom. The molecule has 4 aliphatic rings. The zero-order chi connectivity index (χ0) is 15.7. The quantitative estimate of drug-likeness (QED) is 0.691. The summed E-state index contributed by atoms with van der Waals surface area (Å²) < 4.78 is 14.1. The average Bonchev–Trinajstić information content (AvgIpc) is 2.72. The van der Waals surface area contributed by atoms with E-state index in [0.29, 0.717) is 18.3 Å². The lowest BCUT2D eigenvalue weighted by atomic mass is 9.47. The second-order valence-electron chi connectivity index (χ2n) is 8.56. The van der Waals surface area contributed by atoms with Crippen molar-refractivity contribution in [3.8, 4) is 0 Å². The third kappa shape index (κ3) is 1.67. The SMILES string of the molecule is C[C@]12CC[C@H]3[C@@H](CC=C4CCCC(O)[C@@]43C)[C@@H]1C[C@@H](F)C2=O. The number of ketones is 1. The van der Waals surface area contributed by atoms with Crippen molar-refractivity contribution in [1.29, 1.82) is 0 Å². The summed E-state index contributed by atoms with van der Waals surface area (Å²) in [5.74, 6) is 0.793. The number of aliphatic hydroxyl groups excluding tert-OH is 1. The van der Waals surface area contributed by atoms with E-state index < -0.39 is 11.6 Å². The van der Waals surface area contributed by atoms with Crippen molar-refractivity contribution in [3.05, 3.63) is 11.6 Å². The molecular formula is C19H27FO2. The minimum absolute atomic E-state index is 0.139. The van der Waals surface area contributed by atoms with Gasteiger partial charge in [-0.25, -0.2) is 4.39 Å². The van der Waals surface area contributed by atoms with E-state index in [9.17, 15) is 14.3 Å². The number of aliphatic hydroxyl groups is 1. The van der Waals surface area contributed by atoms with Crippen LogP contribution in [0.2, 0.25) is 0 Å². The van der Waals surface area contributed by atoms with Crippen molar-refractivity contribution >= 4 is 5.78 Å². The van der Waals surface area contributed by atoms with Crippen LogP contribution in [0.3, 0.4) is 0 Å². The zero-order valence-corrected chi connectivity index (χ0v) is 13.6. The van der Waals surface area contributed by atoms with Crippen LogP contribution in [0, 0.1) is 28.6 Å².